The minimum atomic E-state index is -0.454. The van der Waals surface area contributed by atoms with Crippen molar-refractivity contribution in [2.45, 2.75) is 44.8 Å². The SMILES string of the molecule is Cc1ncccc1OC1CCC(NC(=O)c2ccc(F)cc2Cl)CC1. The zero-order valence-electron chi connectivity index (χ0n) is 14.0. The van der Waals surface area contributed by atoms with E-state index in [2.05, 4.69) is 10.3 Å². The molecule has 1 heterocycles. The van der Waals surface area contributed by atoms with Crippen LogP contribution in [0.15, 0.2) is 36.5 Å². The molecule has 6 heteroatoms. The average molecular weight is 363 g/mol. The quantitative estimate of drug-likeness (QED) is 0.882. The maximum absolute atomic E-state index is 13.1. The predicted octanol–water partition coefficient (Wildman–Crippen LogP) is 4.30. The van der Waals surface area contributed by atoms with E-state index in [9.17, 15) is 9.18 Å². The highest BCUT2D eigenvalue weighted by Gasteiger charge is 2.25. The highest BCUT2D eigenvalue weighted by Crippen LogP contribution is 2.26. The van der Waals surface area contributed by atoms with Gasteiger partial charge in [-0.15, -0.1) is 0 Å². The summed E-state index contributed by atoms with van der Waals surface area (Å²) >= 11 is 5.94. The summed E-state index contributed by atoms with van der Waals surface area (Å²) in [6, 6.07) is 7.66. The summed E-state index contributed by atoms with van der Waals surface area (Å²) < 4.78 is 19.1. The number of nitrogens with zero attached hydrogens (tertiary/aromatic N) is 1. The fourth-order valence-electron chi connectivity index (χ4n) is 3.04. The van der Waals surface area contributed by atoms with Crippen LogP contribution in [0.5, 0.6) is 5.75 Å². The topological polar surface area (TPSA) is 51.2 Å². The average Bonchev–Trinajstić information content (AvgIpc) is 2.58. The van der Waals surface area contributed by atoms with E-state index in [4.69, 9.17) is 16.3 Å². The number of carbonyl (C=O) groups excluding carboxylic acids is 1. The van der Waals surface area contributed by atoms with Crippen LogP contribution in [0.25, 0.3) is 0 Å². The van der Waals surface area contributed by atoms with Gasteiger partial charge in [0.05, 0.1) is 22.4 Å². The first-order chi connectivity index (χ1) is 12.0. The second-order valence-electron chi connectivity index (χ2n) is 6.28. The molecule has 1 N–H and O–H groups in total. The molecule has 1 aliphatic rings. The van der Waals surface area contributed by atoms with Gasteiger partial charge in [-0.1, -0.05) is 11.6 Å². The van der Waals surface area contributed by atoms with Gasteiger partial charge < -0.3 is 10.1 Å². The highest BCUT2D eigenvalue weighted by molar-refractivity contribution is 6.33. The van der Waals surface area contributed by atoms with Gasteiger partial charge in [-0.25, -0.2) is 4.39 Å². The van der Waals surface area contributed by atoms with Gasteiger partial charge in [0.25, 0.3) is 5.91 Å². The molecule has 0 bridgehead atoms. The summed E-state index contributed by atoms with van der Waals surface area (Å²) in [6.07, 6.45) is 5.25. The lowest BCUT2D eigenvalue weighted by Crippen LogP contribution is -2.39. The Morgan fingerprint density at radius 1 is 1.28 bits per heavy atom. The van der Waals surface area contributed by atoms with E-state index in [1.54, 1.807) is 6.20 Å². The van der Waals surface area contributed by atoms with Crippen LogP contribution in [0.2, 0.25) is 5.02 Å². The smallest absolute Gasteiger partial charge is 0.253 e. The van der Waals surface area contributed by atoms with Crippen LogP contribution in [-0.4, -0.2) is 23.0 Å². The van der Waals surface area contributed by atoms with Gasteiger partial charge in [-0.05, 0) is 62.9 Å². The van der Waals surface area contributed by atoms with Crippen molar-refractivity contribution < 1.29 is 13.9 Å². The Hall–Kier alpha value is -2.14. The van der Waals surface area contributed by atoms with Crippen LogP contribution < -0.4 is 10.1 Å². The van der Waals surface area contributed by atoms with Crippen LogP contribution >= 0.6 is 11.6 Å². The van der Waals surface area contributed by atoms with E-state index < -0.39 is 5.82 Å². The fraction of sp³-hybridized carbons (Fsp3) is 0.368. The molecule has 132 valence electrons. The molecular weight excluding hydrogens is 343 g/mol. The van der Waals surface area contributed by atoms with Crippen LogP contribution in [0.4, 0.5) is 4.39 Å². The first-order valence-corrected chi connectivity index (χ1v) is 8.75. The molecule has 0 aliphatic heterocycles. The van der Waals surface area contributed by atoms with E-state index in [1.807, 2.05) is 19.1 Å². The number of rotatable bonds is 4. The molecule has 25 heavy (non-hydrogen) atoms. The lowest BCUT2D eigenvalue weighted by Gasteiger charge is -2.29. The maximum Gasteiger partial charge on any atom is 0.253 e. The van der Waals surface area contributed by atoms with Gasteiger partial charge in [0.2, 0.25) is 0 Å². The normalized spacial score (nSPS) is 20.1. The fourth-order valence-corrected chi connectivity index (χ4v) is 3.29. The third kappa shape index (κ3) is 4.48. The number of hydrogen-bond acceptors (Lipinski definition) is 3. The van der Waals surface area contributed by atoms with Gasteiger partial charge in [0.1, 0.15) is 11.6 Å². The summed E-state index contributed by atoms with van der Waals surface area (Å²) in [6.45, 7) is 1.92. The van der Waals surface area contributed by atoms with Crippen molar-refractivity contribution in [3.8, 4) is 5.75 Å². The predicted molar refractivity (Wildman–Crippen MR) is 94.5 cm³/mol. The highest BCUT2D eigenvalue weighted by atomic mass is 35.5. The number of amides is 1. The molecule has 3 rings (SSSR count). The number of pyridine rings is 1. The first-order valence-electron chi connectivity index (χ1n) is 8.37. The number of aromatic nitrogens is 1. The Morgan fingerprint density at radius 3 is 2.72 bits per heavy atom. The summed E-state index contributed by atoms with van der Waals surface area (Å²) in [7, 11) is 0. The molecule has 1 aromatic carbocycles. The first kappa shape index (κ1) is 17.7. The van der Waals surface area contributed by atoms with E-state index in [-0.39, 0.29) is 23.1 Å². The van der Waals surface area contributed by atoms with Crippen molar-refractivity contribution in [3.05, 3.63) is 58.6 Å². The van der Waals surface area contributed by atoms with Crippen molar-refractivity contribution in [1.82, 2.24) is 10.3 Å². The second kappa shape index (κ2) is 7.83. The third-order valence-corrected chi connectivity index (χ3v) is 4.75. The number of ether oxygens (including phenoxy) is 1. The van der Waals surface area contributed by atoms with E-state index in [0.29, 0.717) is 5.56 Å². The monoisotopic (exact) mass is 362 g/mol. The molecular formula is C19H20ClFN2O2. The summed E-state index contributed by atoms with van der Waals surface area (Å²) in [5.41, 5.74) is 1.18. The molecule has 2 aromatic rings. The summed E-state index contributed by atoms with van der Waals surface area (Å²) in [4.78, 5) is 16.5. The Morgan fingerprint density at radius 2 is 2.04 bits per heavy atom. The van der Waals surface area contributed by atoms with Gasteiger partial charge in [-0.3, -0.25) is 9.78 Å². The lowest BCUT2D eigenvalue weighted by atomic mass is 9.92. The Bertz CT molecular complexity index is 761. The zero-order valence-corrected chi connectivity index (χ0v) is 14.7. The Labute approximate surface area is 151 Å². The Kier molecular flexibility index (Phi) is 5.53. The van der Waals surface area contributed by atoms with Crippen LogP contribution in [0.1, 0.15) is 41.7 Å². The molecule has 1 fully saturated rings. The van der Waals surface area contributed by atoms with E-state index in [0.717, 1.165) is 43.2 Å². The largest absolute Gasteiger partial charge is 0.489 e. The molecule has 1 aromatic heterocycles. The van der Waals surface area contributed by atoms with Crippen LogP contribution in [0.3, 0.4) is 0 Å². The van der Waals surface area contributed by atoms with Crippen molar-refractivity contribution in [2.75, 3.05) is 0 Å². The molecule has 0 unspecified atom stereocenters. The number of aryl methyl sites for hydroxylation is 1. The van der Waals surface area contributed by atoms with Gasteiger partial charge in [0.15, 0.2) is 0 Å². The number of halogens is 2. The van der Waals surface area contributed by atoms with E-state index in [1.165, 1.54) is 12.1 Å². The summed E-state index contributed by atoms with van der Waals surface area (Å²) in [5.74, 6) is 0.0930. The van der Waals surface area contributed by atoms with Crippen molar-refractivity contribution >= 4 is 17.5 Å². The second-order valence-corrected chi connectivity index (χ2v) is 6.68. The molecule has 0 spiro atoms. The van der Waals surface area contributed by atoms with Gasteiger partial charge >= 0.3 is 0 Å². The minimum Gasteiger partial charge on any atom is -0.489 e. The van der Waals surface area contributed by atoms with Crippen LogP contribution in [0, 0.1) is 12.7 Å². The summed E-state index contributed by atoms with van der Waals surface area (Å²) in [5, 5.41) is 3.10. The molecule has 1 amide bonds. The van der Waals surface area contributed by atoms with Crippen molar-refractivity contribution in [1.29, 1.82) is 0 Å². The van der Waals surface area contributed by atoms with E-state index >= 15 is 0 Å². The molecule has 0 atom stereocenters. The molecule has 1 saturated carbocycles. The van der Waals surface area contributed by atoms with Gasteiger partial charge in [-0.2, -0.15) is 0 Å². The van der Waals surface area contributed by atoms with Gasteiger partial charge in [0, 0.05) is 12.2 Å². The number of nitrogens with one attached hydrogen (secondary N) is 1. The molecule has 0 radical (unpaired) electrons. The number of benzene rings is 1. The molecule has 1 aliphatic carbocycles. The standard InChI is InChI=1S/C19H20ClFN2O2/c1-12-18(3-2-10-22-12)25-15-7-5-14(6-8-15)23-19(24)16-9-4-13(21)11-17(16)20/h2-4,9-11,14-15H,5-8H2,1H3,(H,23,24). The van der Waals surface area contributed by atoms with Crippen molar-refractivity contribution in [3.63, 3.8) is 0 Å². The molecule has 4 nitrogen and oxygen atoms in total. The minimum absolute atomic E-state index is 0.0727. The zero-order chi connectivity index (χ0) is 17.8. The Balaban J connectivity index is 1.52. The molecule has 0 saturated heterocycles. The lowest BCUT2D eigenvalue weighted by molar-refractivity contribution is 0.0893. The van der Waals surface area contributed by atoms with Crippen LogP contribution in [-0.2, 0) is 0 Å². The maximum atomic E-state index is 13.1. The third-order valence-electron chi connectivity index (χ3n) is 4.44. The number of hydrogen-bond donors (Lipinski definition) is 1. The number of carbonyl (C=O) groups is 1. The van der Waals surface area contributed by atoms with Crippen molar-refractivity contribution in [2.24, 2.45) is 0 Å².